The summed E-state index contributed by atoms with van der Waals surface area (Å²) in [7, 11) is 0. The van der Waals surface area contributed by atoms with E-state index in [1.807, 2.05) is 24.3 Å². The Kier molecular flexibility index (Phi) is 6.39. The molecular formula is C22H26FN3O3. The van der Waals surface area contributed by atoms with Gasteiger partial charge in [-0.15, -0.1) is 0 Å². The van der Waals surface area contributed by atoms with Crippen LogP contribution >= 0.6 is 0 Å². The highest BCUT2D eigenvalue weighted by molar-refractivity contribution is 5.92. The molecule has 2 aliphatic heterocycles. The number of carbonyl (C=O) groups is 1. The summed E-state index contributed by atoms with van der Waals surface area (Å²) in [5, 5.41) is 2.97. The number of hydrogen-bond donors (Lipinski definition) is 1. The molecule has 154 valence electrons. The molecule has 4 rings (SSSR count). The second kappa shape index (κ2) is 9.35. The number of morpholine rings is 2. The van der Waals surface area contributed by atoms with Crippen molar-refractivity contribution in [3.05, 3.63) is 59.9 Å². The number of nitrogens with zero attached hydrogens (tertiary/aromatic N) is 2. The van der Waals surface area contributed by atoms with Crippen LogP contribution in [0.25, 0.3) is 0 Å². The maximum Gasteiger partial charge on any atom is 0.238 e. The smallest absolute Gasteiger partial charge is 0.238 e. The zero-order valence-corrected chi connectivity index (χ0v) is 16.4. The molecule has 29 heavy (non-hydrogen) atoms. The number of ether oxygens (including phenoxy) is 2. The first-order valence-corrected chi connectivity index (χ1v) is 9.99. The van der Waals surface area contributed by atoms with Crippen molar-refractivity contribution in [2.24, 2.45) is 0 Å². The molecule has 2 aromatic rings. The summed E-state index contributed by atoms with van der Waals surface area (Å²) in [5.74, 6) is -0.315. The Morgan fingerprint density at radius 3 is 2.45 bits per heavy atom. The molecule has 0 aliphatic carbocycles. The average Bonchev–Trinajstić information content (AvgIpc) is 2.75. The van der Waals surface area contributed by atoms with Crippen molar-refractivity contribution in [1.82, 2.24) is 4.90 Å². The van der Waals surface area contributed by atoms with Crippen molar-refractivity contribution in [2.75, 3.05) is 62.8 Å². The Balaban J connectivity index is 1.29. The van der Waals surface area contributed by atoms with Crippen molar-refractivity contribution >= 4 is 17.3 Å². The molecule has 1 amide bonds. The fourth-order valence-electron chi connectivity index (χ4n) is 3.71. The molecule has 1 N–H and O–H groups in total. The molecule has 1 unspecified atom stereocenters. The van der Waals surface area contributed by atoms with Crippen molar-refractivity contribution in [1.29, 1.82) is 0 Å². The third kappa shape index (κ3) is 5.32. The van der Waals surface area contributed by atoms with E-state index in [4.69, 9.17) is 9.47 Å². The van der Waals surface area contributed by atoms with Gasteiger partial charge in [-0.3, -0.25) is 9.69 Å². The quantitative estimate of drug-likeness (QED) is 0.838. The largest absolute Gasteiger partial charge is 0.378 e. The Bertz CT molecular complexity index is 807. The van der Waals surface area contributed by atoms with E-state index in [1.54, 1.807) is 12.1 Å². The van der Waals surface area contributed by atoms with E-state index in [-0.39, 0.29) is 17.8 Å². The number of benzene rings is 2. The number of hydrogen-bond acceptors (Lipinski definition) is 5. The topological polar surface area (TPSA) is 54.0 Å². The number of carbonyl (C=O) groups excluding carboxylic acids is 1. The van der Waals surface area contributed by atoms with Gasteiger partial charge in [-0.2, -0.15) is 0 Å². The Labute approximate surface area is 170 Å². The third-order valence-corrected chi connectivity index (χ3v) is 5.29. The third-order valence-electron chi connectivity index (χ3n) is 5.29. The molecule has 6 nitrogen and oxygen atoms in total. The lowest BCUT2D eigenvalue weighted by Gasteiger charge is -2.32. The van der Waals surface area contributed by atoms with E-state index in [0.29, 0.717) is 26.2 Å². The summed E-state index contributed by atoms with van der Waals surface area (Å²) in [4.78, 5) is 16.8. The van der Waals surface area contributed by atoms with Crippen LogP contribution in [-0.4, -0.2) is 63.4 Å². The van der Waals surface area contributed by atoms with Crippen LogP contribution in [0.5, 0.6) is 0 Å². The van der Waals surface area contributed by atoms with Crippen LogP contribution in [0.2, 0.25) is 0 Å². The van der Waals surface area contributed by atoms with Gasteiger partial charge < -0.3 is 19.7 Å². The molecular weight excluding hydrogens is 373 g/mol. The number of halogens is 1. The van der Waals surface area contributed by atoms with Crippen molar-refractivity contribution in [3.8, 4) is 0 Å². The summed E-state index contributed by atoms with van der Waals surface area (Å²) >= 11 is 0. The normalized spacial score (nSPS) is 20.4. The van der Waals surface area contributed by atoms with E-state index in [9.17, 15) is 9.18 Å². The van der Waals surface area contributed by atoms with E-state index in [0.717, 1.165) is 43.2 Å². The van der Waals surface area contributed by atoms with E-state index < -0.39 is 0 Å². The Morgan fingerprint density at radius 1 is 1.00 bits per heavy atom. The van der Waals surface area contributed by atoms with Gasteiger partial charge in [-0.25, -0.2) is 4.39 Å². The molecule has 0 bridgehead atoms. The van der Waals surface area contributed by atoms with Gasteiger partial charge in [-0.05, 0) is 42.0 Å². The molecule has 2 aliphatic rings. The van der Waals surface area contributed by atoms with Crippen LogP contribution < -0.4 is 10.2 Å². The Hall–Kier alpha value is -2.48. The van der Waals surface area contributed by atoms with Crippen LogP contribution in [-0.2, 0) is 14.3 Å². The van der Waals surface area contributed by atoms with Gasteiger partial charge in [0.15, 0.2) is 0 Å². The van der Waals surface area contributed by atoms with E-state index in [2.05, 4.69) is 15.1 Å². The van der Waals surface area contributed by atoms with Gasteiger partial charge in [0.05, 0.1) is 32.5 Å². The first kappa shape index (κ1) is 19.8. The molecule has 1 atom stereocenters. The predicted octanol–water partition coefficient (Wildman–Crippen LogP) is 2.67. The summed E-state index contributed by atoms with van der Waals surface area (Å²) in [6, 6.07) is 14.3. The van der Waals surface area contributed by atoms with Crippen LogP contribution in [0.15, 0.2) is 48.5 Å². The molecule has 2 heterocycles. The van der Waals surface area contributed by atoms with Crippen molar-refractivity contribution < 1.29 is 18.7 Å². The lowest BCUT2D eigenvalue weighted by atomic mass is 10.1. The van der Waals surface area contributed by atoms with Gasteiger partial charge in [0.25, 0.3) is 0 Å². The van der Waals surface area contributed by atoms with Crippen LogP contribution in [0.3, 0.4) is 0 Å². The van der Waals surface area contributed by atoms with Gasteiger partial charge in [0.2, 0.25) is 5.91 Å². The predicted molar refractivity (Wildman–Crippen MR) is 110 cm³/mol. The zero-order chi connectivity index (χ0) is 20.1. The standard InChI is InChI=1S/C22H26FN3O3/c23-18-3-1-17(2-4-18)21-15-25(9-14-29-21)16-22(27)24-19-5-7-20(8-6-19)26-10-12-28-13-11-26/h1-8,21H,9-16H2,(H,24,27). The van der Waals surface area contributed by atoms with Gasteiger partial charge in [0, 0.05) is 37.6 Å². The lowest BCUT2D eigenvalue weighted by Crippen LogP contribution is -2.42. The van der Waals surface area contributed by atoms with Gasteiger partial charge in [0.1, 0.15) is 5.82 Å². The minimum absolute atomic E-state index is 0.0520. The van der Waals surface area contributed by atoms with Crippen LogP contribution in [0, 0.1) is 5.82 Å². The molecule has 2 saturated heterocycles. The van der Waals surface area contributed by atoms with Gasteiger partial charge in [-0.1, -0.05) is 12.1 Å². The molecule has 0 spiro atoms. The minimum atomic E-state index is -0.263. The van der Waals surface area contributed by atoms with E-state index in [1.165, 1.54) is 12.1 Å². The number of amides is 1. The maximum atomic E-state index is 13.1. The number of nitrogens with one attached hydrogen (secondary N) is 1. The Morgan fingerprint density at radius 2 is 1.72 bits per heavy atom. The van der Waals surface area contributed by atoms with Crippen LogP contribution in [0.1, 0.15) is 11.7 Å². The summed E-state index contributed by atoms with van der Waals surface area (Å²) < 4.78 is 24.3. The van der Waals surface area contributed by atoms with E-state index >= 15 is 0 Å². The lowest BCUT2D eigenvalue weighted by molar-refractivity contribution is -0.119. The fourth-order valence-corrected chi connectivity index (χ4v) is 3.71. The second-order valence-corrected chi connectivity index (χ2v) is 7.34. The highest BCUT2D eigenvalue weighted by Gasteiger charge is 2.23. The number of rotatable bonds is 5. The monoisotopic (exact) mass is 399 g/mol. The highest BCUT2D eigenvalue weighted by Crippen LogP contribution is 2.23. The zero-order valence-electron chi connectivity index (χ0n) is 16.4. The molecule has 7 heteroatoms. The minimum Gasteiger partial charge on any atom is -0.378 e. The van der Waals surface area contributed by atoms with Crippen molar-refractivity contribution in [3.63, 3.8) is 0 Å². The molecule has 0 aromatic heterocycles. The fraction of sp³-hybridized carbons (Fsp3) is 0.409. The maximum absolute atomic E-state index is 13.1. The SMILES string of the molecule is O=C(CN1CCOC(c2ccc(F)cc2)C1)Nc1ccc(N2CCOCC2)cc1. The molecule has 2 fully saturated rings. The first-order chi connectivity index (χ1) is 14.2. The van der Waals surface area contributed by atoms with Crippen LogP contribution in [0.4, 0.5) is 15.8 Å². The van der Waals surface area contributed by atoms with Crippen molar-refractivity contribution in [2.45, 2.75) is 6.10 Å². The summed E-state index contributed by atoms with van der Waals surface area (Å²) in [6.45, 7) is 5.41. The first-order valence-electron chi connectivity index (χ1n) is 9.99. The molecule has 2 aromatic carbocycles. The molecule has 0 radical (unpaired) electrons. The highest BCUT2D eigenvalue weighted by atomic mass is 19.1. The second-order valence-electron chi connectivity index (χ2n) is 7.34. The summed E-state index contributed by atoms with van der Waals surface area (Å²) in [6.07, 6.45) is -0.148. The molecule has 0 saturated carbocycles. The van der Waals surface area contributed by atoms with Gasteiger partial charge >= 0.3 is 0 Å². The average molecular weight is 399 g/mol. The number of anilines is 2. The summed E-state index contributed by atoms with van der Waals surface area (Å²) in [5.41, 5.74) is 2.85.